The van der Waals surface area contributed by atoms with Crippen LogP contribution in [0.15, 0.2) is 16.6 Å². The summed E-state index contributed by atoms with van der Waals surface area (Å²) in [6.07, 6.45) is 0. The zero-order chi connectivity index (χ0) is 15.1. The molecule has 108 valence electrons. The minimum absolute atomic E-state index is 0.0573. The van der Waals surface area contributed by atoms with Gasteiger partial charge in [0.15, 0.2) is 18.1 Å². The summed E-state index contributed by atoms with van der Waals surface area (Å²) in [7, 11) is 0. The first-order valence-electron chi connectivity index (χ1n) is 6.26. The standard InChI is InChI=1S/C14H17BrN2O3/c1-4-19-12-6-10(7-16)5-11(15)14(12)20-8-13(18)17-9(2)3/h5-6,9H,4,8H2,1-3H3,(H,17,18). The van der Waals surface area contributed by atoms with Gasteiger partial charge >= 0.3 is 0 Å². The summed E-state index contributed by atoms with van der Waals surface area (Å²) >= 11 is 3.32. The Bertz CT molecular complexity index is 524. The number of amides is 1. The van der Waals surface area contributed by atoms with Crippen molar-refractivity contribution in [3.8, 4) is 17.6 Å². The summed E-state index contributed by atoms with van der Waals surface area (Å²) in [5.74, 6) is 0.652. The van der Waals surface area contributed by atoms with Gasteiger partial charge in [0.1, 0.15) is 0 Å². The van der Waals surface area contributed by atoms with Gasteiger partial charge in [0.2, 0.25) is 0 Å². The number of ether oxygens (including phenoxy) is 2. The summed E-state index contributed by atoms with van der Waals surface area (Å²) in [6, 6.07) is 5.31. The second-order valence-corrected chi connectivity index (χ2v) is 5.20. The van der Waals surface area contributed by atoms with Gasteiger partial charge in [0.05, 0.1) is 22.7 Å². The summed E-state index contributed by atoms with van der Waals surface area (Å²) < 4.78 is 11.5. The van der Waals surface area contributed by atoms with Crippen molar-refractivity contribution in [2.75, 3.05) is 13.2 Å². The van der Waals surface area contributed by atoms with E-state index in [2.05, 4.69) is 21.2 Å². The molecule has 1 aromatic carbocycles. The van der Waals surface area contributed by atoms with E-state index in [-0.39, 0.29) is 18.6 Å². The van der Waals surface area contributed by atoms with Crippen LogP contribution in [0.25, 0.3) is 0 Å². The highest BCUT2D eigenvalue weighted by molar-refractivity contribution is 9.10. The number of benzene rings is 1. The maximum atomic E-state index is 11.6. The van der Waals surface area contributed by atoms with Crippen molar-refractivity contribution in [1.82, 2.24) is 5.32 Å². The van der Waals surface area contributed by atoms with Crippen molar-refractivity contribution in [1.29, 1.82) is 5.26 Å². The molecule has 0 bridgehead atoms. The van der Waals surface area contributed by atoms with E-state index in [1.165, 1.54) is 0 Å². The van der Waals surface area contributed by atoms with Gasteiger partial charge in [-0.05, 0) is 42.8 Å². The lowest BCUT2D eigenvalue weighted by Crippen LogP contribution is -2.34. The van der Waals surface area contributed by atoms with Crippen LogP contribution in [-0.4, -0.2) is 25.2 Å². The molecule has 0 aliphatic heterocycles. The Hall–Kier alpha value is -1.74. The molecule has 0 spiro atoms. The summed E-state index contributed by atoms with van der Waals surface area (Å²) in [5.41, 5.74) is 0.458. The number of hydrogen-bond donors (Lipinski definition) is 1. The lowest BCUT2D eigenvalue weighted by Gasteiger charge is -2.14. The van der Waals surface area contributed by atoms with Crippen LogP contribution in [-0.2, 0) is 4.79 Å². The maximum absolute atomic E-state index is 11.6. The Morgan fingerprint density at radius 2 is 2.15 bits per heavy atom. The Morgan fingerprint density at radius 1 is 1.45 bits per heavy atom. The van der Waals surface area contributed by atoms with Crippen LogP contribution in [0.1, 0.15) is 26.3 Å². The highest BCUT2D eigenvalue weighted by atomic mass is 79.9. The van der Waals surface area contributed by atoms with Gasteiger partial charge in [-0.25, -0.2) is 0 Å². The molecule has 0 aromatic heterocycles. The first-order valence-corrected chi connectivity index (χ1v) is 7.05. The highest BCUT2D eigenvalue weighted by Gasteiger charge is 2.14. The van der Waals surface area contributed by atoms with Gasteiger partial charge in [-0.2, -0.15) is 5.26 Å². The van der Waals surface area contributed by atoms with E-state index < -0.39 is 0 Å². The van der Waals surface area contributed by atoms with Gasteiger partial charge in [-0.15, -0.1) is 0 Å². The Morgan fingerprint density at radius 3 is 2.70 bits per heavy atom. The zero-order valence-corrected chi connectivity index (χ0v) is 13.3. The van der Waals surface area contributed by atoms with Crippen LogP contribution in [0.4, 0.5) is 0 Å². The van der Waals surface area contributed by atoms with Crippen molar-refractivity contribution in [3.63, 3.8) is 0 Å². The second kappa shape index (κ2) is 7.75. The molecule has 1 amide bonds. The minimum Gasteiger partial charge on any atom is -0.490 e. The van der Waals surface area contributed by atoms with Crippen LogP contribution in [0, 0.1) is 11.3 Å². The Labute approximate surface area is 127 Å². The van der Waals surface area contributed by atoms with E-state index in [0.717, 1.165) is 0 Å². The van der Waals surface area contributed by atoms with Crippen molar-refractivity contribution in [2.45, 2.75) is 26.8 Å². The molecule has 0 saturated heterocycles. The van der Waals surface area contributed by atoms with Crippen LogP contribution in [0.3, 0.4) is 0 Å². The van der Waals surface area contributed by atoms with Crippen LogP contribution in [0.5, 0.6) is 11.5 Å². The van der Waals surface area contributed by atoms with Crippen LogP contribution < -0.4 is 14.8 Å². The van der Waals surface area contributed by atoms with E-state index in [9.17, 15) is 4.79 Å². The fourth-order valence-corrected chi connectivity index (χ4v) is 2.09. The molecule has 1 aromatic rings. The van der Waals surface area contributed by atoms with Gasteiger partial charge < -0.3 is 14.8 Å². The number of hydrogen-bond acceptors (Lipinski definition) is 4. The predicted molar refractivity (Wildman–Crippen MR) is 78.8 cm³/mol. The molecule has 0 radical (unpaired) electrons. The second-order valence-electron chi connectivity index (χ2n) is 4.34. The van der Waals surface area contributed by atoms with Gasteiger partial charge in [-0.1, -0.05) is 0 Å². The van der Waals surface area contributed by atoms with Crippen LogP contribution in [0.2, 0.25) is 0 Å². The molecule has 0 atom stereocenters. The Kier molecular flexibility index (Phi) is 6.32. The molecule has 6 heteroatoms. The van der Waals surface area contributed by atoms with E-state index in [1.54, 1.807) is 12.1 Å². The minimum atomic E-state index is -0.210. The molecule has 0 aliphatic carbocycles. The third-order valence-electron chi connectivity index (χ3n) is 2.24. The number of nitrogens with zero attached hydrogens (tertiary/aromatic N) is 1. The molecule has 0 heterocycles. The molecule has 5 nitrogen and oxygen atoms in total. The zero-order valence-electron chi connectivity index (χ0n) is 11.7. The highest BCUT2D eigenvalue weighted by Crippen LogP contribution is 2.36. The van der Waals surface area contributed by atoms with E-state index >= 15 is 0 Å². The number of rotatable bonds is 6. The monoisotopic (exact) mass is 340 g/mol. The predicted octanol–water partition coefficient (Wildman–Crippen LogP) is 2.62. The summed E-state index contributed by atoms with van der Waals surface area (Å²) in [5, 5.41) is 11.7. The van der Waals surface area contributed by atoms with Gasteiger partial charge in [0, 0.05) is 12.1 Å². The number of carbonyl (C=O) groups excluding carboxylic acids is 1. The number of nitriles is 1. The number of carbonyl (C=O) groups is 1. The van der Waals surface area contributed by atoms with E-state index in [0.29, 0.717) is 28.1 Å². The van der Waals surface area contributed by atoms with E-state index in [1.807, 2.05) is 26.8 Å². The number of nitrogens with one attached hydrogen (secondary N) is 1. The van der Waals surface area contributed by atoms with Gasteiger partial charge in [0.25, 0.3) is 5.91 Å². The van der Waals surface area contributed by atoms with E-state index in [4.69, 9.17) is 14.7 Å². The van der Waals surface area contributed by atoms with Crippen LogP contribution >= 0.6 is 15.9 Å². The summed E-state index contributed by atoms with van der Waals surface area (Å²) in [6.45, 7) is 5.92. The SMILES string of the molecule is CCOc1cc(C#N)cc(Br)c1OCC(=O)NC(C)C. The normalized spacial score (nSPS) is 10.0. The topological polar surface area (TPSA) is 71.3 Å². The quantitative estimate of drug-likeness (QED) is 0.863. The molecule has 0 unspecified atom stereocenters. The smallest absolute Gasteiger partial charge is 0.258 e. The molecule has 0 fully saturated rings. The molecule has 0 saturated carbocycles. The lowest BCUT2D eigenvalue weighted by molar-refractivity contribution is -0.123. The Balaban J connectivity index is 2.88. The fourth-order valence-electron chi connectivity index (χ4n) is 1.54. The van der Waals surface area contributed by atoms with Crippen molar-refractivity contribution in [2.24, 2.45) is 0 Å². The van der Waals surface area contributed by atoms with Crippen molar-refractivity contribution < 1.29 is 14.3 Å². The van der Waals surface area contributed by atoms with Gasteiger partial charge in [-0.3, -0.25) is 4.79 Å². The third kappa shape index (κ3) is 4.74. The molecule has 1 N–H and O–H groups in total. The third-order valence-corrected chi connectivity index (χ3v) is 2.82. The van der Waals surface area contributed by atoms with Crippen molar-refractivity contribution >= 4 is 21.8 Å². The van der Waals surface area contributed by atoms with Crippen molar-refractivity contribution in [3.05, 3.63) is 22.2 Å². The lowest BCUT2D eigenvalue weighted by atomic mass is 10.2. The number of halogens is 1. The largest absolute Gasteiger partial charge is 0.490 e. The molecular weight excluding hydrogens is 324 g/mol. The average molecular weight is 341 g/mol. The maximum Gasteiger partial charge on any atom is 0.258 e. The summed E-state index contributed by atoms with van der Waals surface area (Å²) in [4.78, 5) is 11.6. The molecule has 1 rings (SSSR count). The average Bonchev–Trinajstić information content (AvgIpc) is 2.36. The first kappa shape index (κ1) is 16.3. The molecular formula is C14H17BrN2O3. The molecule has 0 aliphatic rings. The fraction of sp³-hybridized carbons (Fsp3) is 0.429. The first-order chi connectivity index (χ1) is 9.47. The molecule has 20 heavy (non-hydrogen) atoms.